The largest absolute Gasteiger partial charge is 0.422 e. The molecule has 0 saturated heterocycles. The van der Waals surface area contributed by atoms with E-state index in [1.807, 2.05) is 24.3 Å². The molecule has 0 aliphatic carbocycles. The highest BCUT2D eigenvalue weighted by molar-refractivity contribution is 5.83. The van der Waals surface area contributed by atoms with E-state index in [0.29, 0.717) is 17.2 Å². The highest BCUT2D eigenvalue weighted by Gasteiger charge is 2.05. The third-order valence-electron chi connectivity index (χ3n) is 3.81. The maximum atomic E-state index is 11.4. The molecule has 2 rings (SSSR count). The zero-order valence-electron chi connectivity index (χ0n) is 14.2. The number of hydrogen-bond donors (Lipinski definition) is 0. The summed E-state index contributed by atoms with van der Waals surface area (Å²) in [5, 5.41) is 0. The standard InChI is InChI=1S/C22H22O2/c1-4-8-17(3)19-14-11-18(12-15-19)13-16-20-9-6-7-10-21(20)24-22(23)5-2/h5-7,9-12,14-15,17H,2,4,8H2,1,3H3. The summed E-state index contributed by atoms with van der Waals surface area (Å²) < 4.78 is 5.20. The maximum absolute atomic E-state index is 11.4. The molecule has 2 nitrogen and oxygen atoms in total. The van der Waals surface area contributed by atoms with Crippen LogP contribution in [0, 0.1) is 11.8 Å². The Bertz CT molecular complexity index is 761. The van der Waals surface area contributed by atoms with E-state index in [0.717, 1.165) is 11.6 Å². The molecule has 0 fully saturated rings. The van der Waals surface area contributed by atoms with Crippen molar-refractivity contribution >= 4 is 5.97 Å². The molecule has 1 atom stereocenters. The first-order valence-corrected chi connectivity index (χ1v) is 8.19. The van der Waals surface area contributed by atoms with E-state index in [2.05, 4.69) is 44.4 Å². The zero-order valence-corrected chi connectivity index (χ0v) is 14.2. The molecule has 1 unspecified atom stereocenters. The molecule has 0 N–H and O–H groups in total. The molecule has 2 heteroatoms. The quantitative estimate of drug-likeness (QED) is 0.332. The van der Waals surface area contributed by atoms with Crippen LogP contribution < -0.4 is 4.74 Å². The summed E-state index contributed by atoms with van der Waals surface area (Å²) in [4.78, 5) is 11.4. The normalized spacial score (nSPS) is 11.1. The fraction of sp³-hybridized carbons (Fsp3) is 0.227. The smallest absolute Gasteiger partial charge is 0.335 e. The molecule has 2 aromatic rings. The van der Waals surface area contributed by atoms with Crippen LogP contribution in [0.2, 0.25) is 0 Å². The maximum Gasteiger partial charge on any atom is 0.335 e. The average Bonchev–Trinajstić information content (AvgIpc) is 2.61. The fourth-order valence-corrected chi connectivity index (χ4v) is 2.44. The number of hydrogen-bond acceptors (Lipinski definition) is 2. The van der Waals surface area contributed by atoms with Crippen molar-refractivity contribution in [3.8, 4) is 17.6 Å². The minimum Gasteiger partial charge on any atom is -0.422 e. The number of carbonyl (C=O) groups excluding carboxylic acids is 1. The molecule has 0 radical (unpaired) electrons. The first-order valence-electron chi connectivity index (χ1n) is 8.19. The van der Waals surface area contributed by atoms with Gasteiger partial charge >= 0.3 is 5.97 Å². The van der Waals surface area contributed by atoms with Crippen molar-refractivity contribution in [2.75, 3.05) is 0 Å². The lowest BCUT2D eigenvalue weighted by atomic mass is 9.96. The van der Waals surface area contributed by atoms with Crippen LogP contribution in [0.5, 0.6) is 5.75 Å². The van der Waals surface area contributed by atoms with Crippen LogP contribution in [0.4, 0.5) is 0 Å². The van der Waals surface area contributed by atoms with Gasteiger partial charge in [-0.2, -0.15) is 0 Å². The van der Waals surface area contributed by atoms with Gasteiger partial charge in [-0.15, -0.1) is 0 Å². The molecule has 0 spiro atoms. The van der Waals surface area contributed by atoms with E-state index in [4.69, 9.17) is 4.74 Å². The Labute approximate surface area is 144 Å². The van der Waals surface area contributed by atoms with Crippen molar-refractivity contribution in [3.63, 3.8) is 0 Å². The van der Waals surface area contributed by atoms with E-state index >= 15 is 0 Å². The number of benzene rings is 2. The van der Waals surface area contributed by atoms with Crippen LogP contribution >= 0.6 is 0 Å². The molecule has 2 aromatic carbocycles. The summed E-state index contributed by atoms with van der Waals surface area (Å²) in [5.41, 5.74) is 2.95. The van der Waals surface area contributed by atoms with E-state index in [1.54, 1.807) is 12.1 Å². The molecule has 0 saturated carbocycles. The lowest BCUT2D eigenvalue weighted by Gasteiger charge is -2.09. The van der Waals surface area contributed by atoms with Gasteiger partial charge in [0, 0.05) is 11.6 Å². The van der Waals surface area contributed by atoms with Crippen LogP contribution in [-0.2, 0) is 4.79 Å². The predicted molar refractivity (Wildman–Crippen MR) is 98.0 cm³/mol. The second-order valence-electron chi connectivity index (χ2n) is 5.68. The number of ether oxygens (including phenoxy) is 1. The predicted octanol–water partition coefficient (Wildman–Crippen LogP) is 5.08. The van der Waals surface area contributed by atoms with Crippen LogP contribution in [0.1, 0.15) is 49.3 Å². The summed E-state index contributed by atoms with van der Waals surface area (Å²) in [5.74, 6) is 6.72. The van der Waals surface area contributed by atoms with Crippen molar-refractivity contribution in [3.05, 3.63) is 77.9 Å². The van der Waals surface area contributed by atoms with Gasteiger partial charge in [0.05, 0.1) is 5.56 Å². The third kappa shape index (κ3) is 4.86. The molecule has 24 heavy (non-hydrogen) atoms. The van der Waals surface area contributed by atoms with Crippen molar-refractivity contribution in [2.24, 2.45) is 0 Å². The molecule has 0 heterocycles. The zero-order chi connectivity index (χ0) is 17.4. The van der Waals surface area contributed by atoms with Gasteiger partial charge in [-0.05, 0) is 42.2 Å². The molecular weight excluding hydrogens is 296 g/mol. The van der Waals surface area contributed by atoms with Gasteiger partial charge in [0.2, 0.25) is 0 Å². The van der Waals surface area contributed by atoms with Crippen LogP contribution in [0.15, 0.2) is 61.2 Å². The number of carbonyl (C=O) groups is 1. The van der Waals surface area contributed by atoms with Gasteiger partial charge in [0.1, 0.15) is 5.75 Å². The third-order valence-corrected chi connectivity index (χ3v) is 3.81. The topological polar surface area (TPSA) is 26.3 Å². The first-order chi connectivity index (χ1) is 11.6. The van der Waals surface area contributed by atoms with Gasteiger partial charge in [0.15, 0.2) is 0 Å². The van der Waals surface area contributed by atoms with Gasteiger partial charge in [-0.25, -0.2) is 4.79 Å². The molecule has 0 aliphatic rings. The van der Waals surface area contributed by atoms with Crippen LogP contribution in [0.25, 0.3) is 0 Å². The van der Waals surface area contributed by atoms with Gasteiger partial charge in [-0.1, -0.05) is 63.0 Å². The van der Waals surface area contributed by atoms with Crippen molar-refractivity contribution in [1.29, 1.82) is 0 Å². The highest BCUT2D eigenvalue weighted by atomic mass is 16.5. The molecule has 122 valence electrons. The summed E-state index contributed by atoms with van der Waals surface area (Å²) in [6.45, 7) is 7.85. The average molecular weight is 318 g/mol. The lowest BCUT2D eigenvalue weighted by molar-refractivity contribution is -0.128. The fourth-order valence-electron chi connectivity index (χ4n) is 2.44. The second-order valence-corrected chi connectivity index (χ2v) is 5.68. The Morgan fingerprint density at radius 2 is 1.88 bits per heavy atom. The molecule has 0 aromatic heterocycles. The molecule has 0 amide bonds. The summed E-state index contributed by atoms with van der Waals surface area (Å²) >= 11 is 0. The molecular formula is C22H22O2. The van der Waals surface area contributed by atoms with E-state index in [9.17, 15) is 4.79 Å². The van der Waals surface area contributed by atoms with Crippen molar-refractivity contribution in [1.82, 2.24) is 0 Å². The minimum absolute atomic E-state index is 0.447. The van der Waals surface area contributed by atoms with Crippen molar-refractivity contribution in [2.45, 2.75) is 32.6 Å². The number of rotatable bonds is 5. The monoisotopic (exact) mass is 318 g/mol. The Kier molecular flexibility index (Phi) is 6.40. The van der Waals surface area contributed by atoms with Gasteiger partial charge in [-0.3, -0.25) is 0 Å². The van der Waals surface area contributed by atoms with Gasteiger partial charge in [0.25, 0.3) is 0 Å². The number of esters is 1. The first kappa shape index (κ1) is 17.6. The summed E-state index contributed by atoms with van der Waals surface area (Å²) in [7, 11) is 0. The van der Waals surface area contributed by atoms with Gasteiger partial charge < -0.3 is 4.74 Å². The SMILES string of the molecule is C=CC(=O)Oc1ccccc1C#Cc1ccc(C(C)CCC)cc1. The second kappa shape index (κ2) is 8.74. The summed E-state index contributed by atoms with van der Waals surface area (Å²) in [6, 6.07) is 15.6. The lowest BCUT2D eigenvalue weighted by Crippen LogP contribution is -2.04. The van der Waals surface area contributed by atoms with Crippen LogP contribution in [-0.4, -0.2) is 5.97 Å². The van der Waals surface area contributed by atoms with E-state index < -0.39 is 5.97 Å². The number of para-hydroxylation sites is 1. The molecule has 0 aliphatic heterocycles. The van der Waals surface area contributed by atoms with E-state index in [-0.39, 0.29) is 0 Å². The van der Waals surface area contributed by atoms with Crippen molar-refractivity contribution < 1.29 is 9.53 Å². The molecule has 0 bridgehead atoms. The van der Waals surface area contributed by atoms with E-state index in [1.165, 1.54) is 18.4 Å². The Balaban J connectivity index is 2.18. The summed E-state index contributed by atoms with van der Waals surface area (Å²) in [6.07, 6.45) is 3.51. The Morgan fingerprint density at radius 1 is 1.17 bits per heavy atom. The highest BCUT2D eigenvalue weighted by Crippen LogP contribution is 2.21. The van der Waals surface area contributed by atoms with Crippen LogP contribution in [0.3, 0.4) is 0 Å². The Morgan fingerprint density at radius 3 is 2.54 bits per heavy atom. The minimum atomic E-state index is -0.487. The Hall–Kier alpha value is -2.79.